The molecule has 2 aliphatic rings. The third-order valence-corrected chi connectivity index (χ3v) is 8.04. The van der Waals surface area contributed by atoms with Crippen LogP contribution in [0.2, 0.25) is 10.0 Å². The van der Waals surface area contributed by atoms with Crippen molar-refractivity contribution in [2.24, 2.45) is 5.92 Å². The predicted octanol–water partition coefficient (Wildman–Crippen LogP) is 6.10. The SMILES string of the molecule is O=C(c1ccnc2ccccc12)N1CCC(N2CCC(Cc3ccc(Cl)c(Cl)c3)CC2)CC1. The Morgan fingerprint density at radius 1 is 0.909 bits per heavy atom. The smallest absolute Gasteiger partial charge is 0.254 e. The van der Waals surface area contributed by atoms with Gasteiger partial charge in [-0.2, -0.15) is 0 Å². The maximum Gasteiger partial charge on any atom is 0.254 e. The number of carbonyl (C=O) groups excluding carboxylic acids is 1. The van der Waals surface area contributed by atoms with Crippen molar-refractivity contribution in [1.29, 1.82) is 0 Å². The molecule has 3 heterocycles. The van der Waals surface area contributed by atoms with Crippen LogP contribution in [0.1, 0.15) is 41.6 Å². The zero-order valence-corrected chi connectivity index (χ0v) is 20.2. The number of para-hydroxylation sites is 1. The van der Waals surface area contributed by atoms with Crippen LogP contribution in [0.5, 0.6) is 0 Å². The highest BCUT2D eigenvalue weighted by Crippen LogP contribution is 2.29. The fraction of sp³-hybridized carbons (Fsp3) is 0.407. The highest BCUT2D eigenvalue weighted by Gasteiger charge is 2.30. The molecule has 2 saturated heterocycles. The van der Waals surface area contributed by atoms with Gasteiger partial charge in [-0.1, -0.05) is 47.5 Å². The molecule has 0 radical (unpaired) electrons. The molecular weight excluding hydrogens is 453 g/mol. The maximum atomic E-state index is 13.2. The molecule has 0 saturated carbocycles. The van der Waals surface area contributed by atoms with Crippen LogP contribution in [-0.4, -0.2) is 52.9 Å². The number of pyridine rings is 1. The predicted molar refractivity (Wildman–Crippen MR) is 135 cm³/mol. The first-order valence-corrected chi connectivity index (χ1v) is 12.6. The molecule has 2 aromatic carbocycles. The van der Waals surface area contributed by atoms with E-state index in [2.05, 4.69) is 16.0 Å². The number of carbonyl (C=O) groups is 1. The van der Waals surface area contributed by atoms with Gasteiger partial charge in [-0.15, -0.1) is 0 Å². The standard InChI is InChI=1S/C27H29Cl2N3O/c28-24-6-5-20(18-25(24)29)17-19-8-13-31(14-9-19)21-10-15-32(16-11-21)27(33)23-7-12-30-26-4-2-1-3-22(23)26/h1-7,12,18-19,21H,8-11,13-17H2. The Morgan fingerprint density at radius 2 is 1.67 bits per heavy atom. The van der Waals surface area contributed by atoms with Crippen molar-refractivity contribution in [1.82, 2.24) is 14.8 Å². The number of benzene rings is 2. The molecule has 3 aromatic rings. The first-order chi connectivity index (χ1) is 16.1. The van der Waals surface area contributed by atoms with Gasteiger partial charge >= 0.3 is 0 Å². The molecule has 0 spiro atoms. The van der Waals surface area contributed by atoms with Gasteiger partial charge in [0.1, 0.15) is 0 Å². The van der Waals surface area contributed by atoms with Crippen molar-refractivity contribution in [2.75, 3.05) is 26.2 Å². The fourth-order valence-corrected chi connectivity index (χ4v) is 5.73. The second-order valence-corrected chi connectivity index (χ2v) is 10.1. The fourth-order valence-electron chi connectivity index (χ4n) is 5.41. The molecule has 0 bridgehead atoms. The number of likely N-dealkylation sites (tertiary alicyclic amines) is 2. The van der Waals surface area contributed by atoms with E-state index < -0.39 is 0 Å². The Hall–Kier alpha value is -2.14. The second-order valence-electron chi connectivity index (χ2n) is 9.33. The first kappa shape index (κ1) is 22.6. The molecule has 172 valence electrons. The molecular formula is C27H29Cl2N3O. The molecule has 2 fully saturated rings. The van der Waals surface area contributed by atoms with Gasteiger partial charge in [-0.05, 0) is 80.9 Å². The summed E-state index contributed by atoms with van der Waals surface area (Å²) in [6.45, 7) is 3.92. The Labute approximate surface area is 205 Å². The van der Waals surface area contributed by atoms with Crippen molar-refractivity contribution < 1.29 is 4.79 Å². The molecule has 2 aliphatic heterocycles. The highest BCUT2D eigenvalue weighted by atomic mass is 35.5. The minimum atomic E-state index is 0.132. The molecule has 0 aliphatic carbocycles. The third kappa shape index (κ3) is 5.03. The normalized spacial score (nSPS) is 18.7. The van der Waals surface area contributed by atoms with Crippen LogP contribution in [0.15, 0.2) is 54.7 Å². The summed E-state index contributed by atoms with van der Waals surface area (Å²) in [5.74, 6) is 0.826. The lowest BCUT2D eigenvalue weighted by Gasteiger charge is -2.42. The number of nitrogens with zero attached hydrogens (tertiary/aromatic N) is 3. The van der Waals surface area contributed by atoms with E-state index in [0.717, 1.165) is 61.9 Å². The number of hydrogen-bond donors (Lipinski definition) is 0. The topological polar surface area (TPSA) is 36.4 Å². The van der Waals surface area contributed by atoms with E-state index in [1.54, 1.807) is 6.20 Å². The number of rotatable bonds is 4. The van der Waals surface area contributed by atoms with Crippen LogP contribution in [-0.2, 0) is 6.42 Å². The number of piperidine rings is 2. The van der Waals surface area contributed by atoms with E-state index in [4.69, 9.17) is 23.2 Å². The summed E-state index contributed by atoms with van der Waals surface area (Å²) in [5.41, 5.74) is 2.92. The molecule has 1 aromatic heterocycles. The first-order valence-electron chi connectivity index (χ1n) is 11.9. The lowest BCUT2D eigenvalue weighted by Crippen LogP contribution is -2.49. The maximum absolute atomic E-state index is 13.2. The summed E-state index contributed by atoms with van der Waals surface area (Å²) in [4.78, 5) is 22.3. The summed E-state index contributed by atoms with van der Waals surface area (Å²) in [7, 11) is 0. The van der Waals surface area contributed by atoms with E-state index >= 15 is 0 Å². The molecule has 6 heteroatoms. The molecule has 0 N–H and O–H groups in total. The van der Waals surface area contributed by atoms with Gasteiger partial charge in [0.2, 0.25) is 0 Å². The number of halogens is 2. The Kier molecular flexibility index (Phi) is 6.86. The van der Waals surface area contributed by atoms with E-state index in [0.29, 0.717) is 22.0 Å². The van der Waals surface area contributed by atoms with E-state index in [1.807, 2.05) is 47.4 Å². The number of amides is 1. The average Bonchev–Trinajstić information content (AvgIpc) is 2.86. The van der Waals surface area contributed by atoms with Crippen molar-refractivity contribution in [2.45, 2.75) is 38.1 Å². The van der Waals surface area contributed by atoms with Crippen molar-refractivity contribution in [3.63, 3.8) is 0 Å². The quantitative estimate of drug-likeness (QED) is 0.451. The van der Waals surface area contributed by atoms with E-state index in [1.165, 1.54) is 18.4 Å². The molecule has 0 unspecified atom stereocenters. The van der Waals surface area contributed by atoms with Crippen LogP contribution in [0.25, 0.3) is 10.9 Å². The summed E-state index contributed by atoms with van der Waals surface area (Å²) in [5, 5.41) is 2.21. The van der Waals surface area contributed by atoms with E-state index in [9.17, 15) is 4.79 Å². The monoisotopic (exact) mass is 481 g/mol. The van der Waals surface area contributed by atoms with Gasteiger partial charge in [0.05, 0.1) is 21.1 Å². The van der Waals surface area contributed by atoms with Gasteiger partial charge in [0.25, 0.3) is 5.91 Å². The van der Waals surface area contributed by atoms with Gasteiger partial charge in [0.15, 0.2) is 0 Å². The molecule has 1 amide bonds. The average molecular weight is 482 g/mol. The van der Waals surface area contributed by atoms with Crippen molar-refractivity contribution in [3.8, 4) is 0 Å². The van der Waals surface area contributed by atoms with Gasteiger partial charge in [0, 0.05) is 30.7 Å². The van der Waals surface area contributed by atoms with Crippen LogP contribution in [0.3, 0.4) is 0 Å². The molecule has 0 atom stereocenters. The molecule has 33 heavy (non-hydrogen) atoms. The summed E-state index contributed by atoms with van der Waals surface area (Å²) in [6.07, 6.45) is 7.32. The van der Waals surface area contributed by atoms with Crippen LogP contribution >= 0.6 is 23.2 Å². The molecule has 5 rings (SSSR count). The van der Waals surface area contributed by atoms with Crippen LogP contribution in [0, 0.1) is 5.92 Å². The van der Waals surface area contributed by atoms with Crippen molar-refractivity contribution in [3.05, 3.63) is 75.9 Å². The summed E-state index contributed by atoms with van der Waals surface area (Å²) >= 11 is 12.2. The second kappa shape index (κ2) is 10.0. The number of aromatic nitrogens is 1. The summed E-state index contributed by atoms with van der Waals surface area (Å²) < 4.78 is 0. The minimum Gasteiger partial charge on any atom is -0.339 e. The Bertz CT molecular complexity index is 1130. The van der Waals surface area contributed by atoms with Crippen LogP contribution in [0.4, 0.5) is 0 Å². The minimum absolute atomic E-state index is 0.132. The number of fused-ring (bicyclic) bond motifs is 1. The van der Waals surface area contributed by atoms with Gasteiger partial charge in [-0.3, -0.25) is 9.78 Å². The lowest BCUT2D eigenvalue weighted by molar-refractivity contribution is 0.0553. The third-order valence-electron chi connectivity index (χ3n) is 7.31. The highest BCUT2D eigenvalue weighted by molar-refractivity contribution is 6.42. The zero-order valence-electron chi connectivity index (χ0n) is 18.7. The Morgan fingerprint density at radius 3 is 2.42 bits per heavy atom. The number of hydrogen-bond acceptors (Lipinski definition) is 3. The van der Waals surface area contributed by atoms with E-state index in [-0.39, 0.29) is 5.91 Å². The van der Waals surface area contributed by atoms with Gasteiger partial charge < -0.3 is 9.80 Å². The summed E-state index contributed by atoms with van der Waals surface area (Å²) in [6, 6.07) is 16.3. The largest absolute Gasteiger partial charge is 0.339 e. The lowest BCUT2D eigenvalue weighted by atomic mass is 9.88. The molecule has 4 nitrogen and oxygen atoms in total. The van der Waals surface area contributed by atoms with Crippen molar-refractivity contribution >= 4 is 40.0 Å². The van der Waals surface area contributed by atoms with Gasteiger partial charge in [-0.25, -0.2) is 0 Å². The zero-order chi connectivity index (χ0) is 22.8. The van der Waals surface area contributed by atoms with Crippen LogP contribution < -0.4 is 0 Å². The Balaban J connectivity index is 1.13.